The highest BCUT2D eigenvalue weighted by Crippen LogP contribution is 2.42. The number of hydrogen-bond donors (Lipinski definition) is 0. The van der Waals surface area contributed by atoms with Crippen molar-refractivity contribution in [3.05, 3.63) is 47.2 Å². The van der Waals surface area contributed by atoms with Crippen LogP contribution in [0.2, 0.25) is 0 Å². The third-order valence-corrected chi connectivity index (χ3v) is 5.98. The molecule has 1 aliphatic rings. The Morgan fingerprint density at radius 1 is 1.22 bits per heavy atom. The fourth-order valence-corrected chi connectivity index (χ4v) is 4.37. The van der Waals surface area contributed by atoms with E-state index in [2.05, 4.69) is 28.1 Å². The molecule has 0 radical (unpaired) electrons. The lowest BCUT2D eigenvalue weighted by Crippen LogP contribution is -2.27. The van der Waals surface area contributed by atoms with E-state index in [-0.39, 0.29) is 12.1 Å². The van der Waals surface area contributed by atoms with E-state index in [0.29, 0.717) is 11.8 Å². The van der Waals surface area contributed by atoms with Crippen molar-refractivity contribution in [2.24, 2.45) is 0 Å². The van der Waals surface area contributed by atoms with Crippen LogP contribution >= 0.6 is 11.3 Å². The maximum absolute atomic E-state index is 5.97. The van der Waals surface area contributed by atoms with Crippen LogP contribution in [0, 0.1) is 0 Å². The topological polar surface area (TPSA) is 60.6 Å². The van der Waals surface area contributed by atoms with E-state index in [0.717, 1.165) is 35.8 Å². The second kappa shape index (κ2) is 7.70. The zero-order valence-electron chi connectivity index (χ0n) is 15.7. The van der Waals surface area contributed by atoms with E-state index in [1.807, 2.05) is 29.6 Å². The maximum atomic E-state index is 5.97. The first-order chi connectivity index (χ1) is 13.2. The van der Waals surface area contributed by atoms with Crippen molar-refractivity contribution in [3.8, 4) is 22.3 Å². The van der Waals surface area contributed by atoms with Crippen LogP contribution in [-0.2, 0) is 0 Å². The van der Waals surface area contributed by atoms with E-state index >= 15 is 0 Å². The number of methoxy groups -OCH3 is 2. The van der Waals surface area contributed by atoms with Gasteiger partial charge in [-0.25, -0.2) is 0 Å². The van der Waals surface area contributed by atoms with Crippen molar-refractivity contribution in [2.75, 3.05) is 20.8 Å². The third-order valence-electron chi connectivity index (χ3n) is 5.12. The molecule has 0 spiro atoms. The van der Waals surface area contributed by atoms with Crippen LogP contribution in [0.3, 0.4) is 0 Å². The molecule has 27 heavy (non-hydrogen) atoms. The Morgan fingerprint density at radius 3 is 2.85 bits per heavy atom. The lowest BCUT2D eigenvalue weighted by molar-refractivity contribution is 0.166. The van der Waals surface area contributed by atoms with Crippen LogP contribution in [0.4, 0.5) is 0 Å². The molecule has 3 heterocycles. The van der Waals surface area contributed by atoms with E-state index in [1.165, 1.54) is 5.56 Å². The van der Waals surface area contributed by atoms with Gasteiger partial charge in [0.25, 0.3) is 5.89 Å². The highest BCUT2D eigenvalue weighted by atomic mass is 32.1. The molecular weight excluding hydrogens is 362 g/mol. The number of nitrogens with zero attached hydrogens (tertiary/aromatic N) is 3. The number of benzene rings is 1. The smallest absolute Gasteiger partial charge is 0.257 e. The zero-order chi connectivity index (χ0) is 18.8. The summed E-state index contributed by atoms with van der Waals surface area (Å²) >= 11 is 1.60. The normalized spacial score (nSPS) is 18.6. The van der Waals surface area contributed by atoms with Crippen LogP contribution in [0.15, 0.2) is 40.1 Å². The first-order valence-corrected chi connectivity index (χ1v) is 9.94. The highest BCUT2D eigenvalue weighted by molar-refractivity contribution is 7.13. The molecule has 2 atom stereocenters. The van der Waals surface area contributed by atoms with Gasteiger partial charge in [0, 0.05) is 17.7 Å². The fraction of sp³-hybridized carbons (Fsp3) is 0.400. The summed E-state index contributed by atoms with van der Waals surface area (Å²) in [5.74, 6) is 2.89. The van der Waals surface area contributed by atoms with E-state index in [4.69, 9.17) is 13.9 Å². The minimum absolute atomic E-state index is 0.0329. The predicted molar refractivity (Wildman–Crippen MR) is 104 cm³/mol. The summed E-state index contributed by atoms with van der Waals surface area (Å²) in [6.07, 6.45) is 2.19. The molecule has 0 N–H and O–H groups in total. The van der Waals surface area contributed by atoms with Gasteiger partial charge < -0.3 is 13.9 Å². The number of likely N-dealkylation sites (tertiary alicyclic amines) is 1. The first kappa shape index (κ1) is 18.0. The molecule has 2 aromatic heterocycles. The number of hydrogen-bond acceptors (Lipinski definition) is 7. The van der Waals surface area contributed by atoms with Crippen LogP contribution in [-0.4, -0.2) is 35.9 Å². The number of aromatic nitrogens is 2. The van der Waals surface area contributed by atoms with Gasteiger partial charge in [0.15, 0.2) is 0 Å². The SMILES string of the molecule is COc1ccc([C@H]2CCCN2[C@H](C)c2nnc(-c3cccs3)o2)c(OC)c1. The minimum atomic E-state index is 0.0329. The molecular formula is C20H23N3O3S. The minimum Gasteiger partial charge on any atom is -0.497 e. The third kappa shape index (κ3) is 3.44. The number of thiophene rings is 1. The average Bonchev–Trinajstić information content (AvgIpc) is 3.47. The Balaban J connectivity index is 1.60. The lowest BCUT2D eigenvalue weighted by Gasteiger charge is -2.29. The van der Waals surface area contributed by atoms with Crippen LogP contribution in [0.1, 0.15) is 43.3 Å². The van der Waals surface area contributed by atoms with Gasteiger partial charge in [-0.1, -0.05) is 12.1 Å². The Labute approximate surface area is 162 Å². The predicted octanol–water partition coefficient (Wildman–Crippen LogP) is 4.71. The summed E-state index contributed by atoms with van der Waals surface area (Å²) in [5.41, 5.74) is 1.17. The quantitative estimate of drug-likeness (QED) is 0.612. The molecule has 1 saturated heterocycles. The number of rotatable bonds is 6. The second-order valence-corrected chi connectivity index (χ2v) is 7.55. The molecule has 0 aliphatic carbocycles. The zero-order valence-corrected chi connectivity index (χ0v) is 16.5. The van der Waals surface area contributed by atoms with Crippen LogP contribution in [0.5, 0.6) is 11.5 Å². The Bertz CT molecular complexity index is 894. The summed E-state index contributed by atoms with van der Waals surface area (Å²) < 4.78 is 16.9. The average molecular weight is 385 g/mol. The van der Waals surface area contributed by atoms with Gasteiger partial charge in [0.2, 0.25) is 5.89 Å². The second-order valence-electron chi connectivity index (χ2n) is 6.60. The lowest BCUT2D eigenvalue weighted by atomic mass is 10.0. The molecule has 6 nitrogen and oxygen atoms in total. The largest absolute Gasteiger partial charge is 0.497 e. The standard InChI is InChI=1S/C20H23N3O3S/c1-13(19-21-22-20(26-19)18-7-5-11-27-18)23-10-4-6-16(23)15-9-8-14(24-2)12-17(15)25-3/h5,7-9,11-13,16H,4,6,10H2,1-3H3/t13-,16-/m1/s1. The molecule has 1 aromatic carbocycles. The van der Waals surface area contributed by atoms with Crippen molar-refractivity contribution in [1.29, 1.82) is 0 Å². The first-order valence-electron chi connectivity index (χ1n) is 9.06. The molecule has 0 saturated carbocycles. The number of ether oxygens (including phenoxy) is 2. The van der Waals surface area contributed by atoms with Gasteiger partial charge >= 0.3 is 0 Å². The molecule has 7 heteroatoms. The molecule has 0 amide bonds. The van der Waals surface area contributed by atoms with Crippen LogP contribution in [0.25, 0.3) is 10.8 Å². The molecule has 3 aromatic rings. The van der Waals surface area contributed by atoms with Gasteiger partial charge in [-0.2, -0.15) is 0 Å². The van der Waals surface area contributed by atoms with E-state index < -0.39 is 0 Å². The van der Waals surface area contributed by atoms with Gasteiger partial charge in [0.1, 0.15) is 11.5 Å². The summed E-state index contributed by atoms with van der Waals surface area (Å²) in [6.45, 7) is 3.11. The Kier molecular flexibility index (Phi) is 5.13. The van der Waals surface area contributed by atoms with Gasteiger partial charge in [-0.15, -0.1) is 21.5 Å². The summed E-state index contributed by atoms with van der Waals surface area (Å²) in [6, 6.07) is 10.3. The Hall–Kier alpha value is -2.38. The van der Waals surface area contributed by atoms with Crippen molar-refractivity contribution in [1.82, 2.24) is 15.1 Å². The summed E-state index contributed by atoms with van der Waals surface area (Å²) in [5, 5.41) is 10.6. The summed E-state index contributed by atoms with van der Waals surface area (Å²) in [7, 11) is 3.37. The van der Waals surface area contributed by atoms with E-state index in [9.17, 15) is 0 Å². The van der Waals surface area contributed by atoms with Gasteiger partial charge in [-0.05, 0) is 43.8 Å². The van der Waals surface area contributed by atoms with Crippen molar-refractivity contribution in [3.63, 3.8) is 0 Å². The van der Waals surface area contributed by atoms with Crippen molar-refractivity contribution >= 4 is 11.3 Å². The molecule has 0 unspecified atom stereocenters. The maximum Gasteiger partial charge on any atom is 0.257 e. The molecule has 1 fully saturated rings. The highest BCUT2D eigenvalue weighted by Gasteiger charge is 2.34. The van der Waals surface area contributed by atoms with Gasteiger partial charge in [0.05, 0.1) is 25.1 Å². The monoisotopic (exact) mass is 385 g/mol. The van der Waals surface area contributed by atoms with Crippen LogP contribution < -0.4 is 9.47 Å². The molecule has 0 bridgehead atoms. The molecule has 1 aliphatic heterocycles. The van der Waals surface area contributed by atoms with Gasteiger partial charge in [-0.3, -0.25) is 4.90 Å². The van der Waals surface area contributed by atoms with Crippen molar-refractivity contribution < 1.29 is 13.9 Å². The summed E-state index contributed by atoms with van der Waals surface area (Å²) in [4.78, 5) is 3.41. The molecule has 4 rings (SSSR count). The van der Waals surface area contributed by atoms with E-state index in [1.54, 1.807) is 25.6 Å². The molecule has 142 valence electrons. The fourth-order valence-electron chi connectivity index (χ4n) is 3.73. The van der Waals surface area contributed by atoms with Crippen molar-refractivity contribution in [2.45, 2.75) is 31.8 Å². The Morgan fingerprint density at radius 2 is 2.11 bits per heavy atom.